The largest absolute Gasteiger partial charge is 0.298 e. The van der Waals surface area contributed by atoms with Crippen LogP contribution in [0.3, 0.4) is 0 Å². The summed E-state index contributed by atoms with van der Waals surface area (Å²) in [6, 6.07) is 0. The van der Waals surface area contributed by atoms with Crippen LogP contribution in [0.15, 0.2) is 0 Å². The zero-order valence-corrected chi connectivity index (χ0v) is 8.01. The van der Waals surface area contributed by atoms with Crippen molar-refractivity contribution in [2.24, 2.45) is 0 Å². The Kier molecular flexibility index (Phi) is 4.30. The molecule has 1 fully saturated rings. The van der Waals surface area contributed by atoms with Crippen LogP contribution in [0.1, 0.15) is 39.0 Å². The monoisotopic (exact) mass is 169 g/mol. The number of likely N-dealkylation sites (tertiary alicyclic amines) is 1. The highest BCUT2D eigenvalue weighted by Gasteiger charge is 2.13. The Morgan fingerprint density at radius 2 is 2.25 bits per heavy atom. The molecular formula is C10H19NO. The van der Waals surface area contributed by atoms with E-state index in [9.17, 15) is 4.79 Å². The first-order valence-electron chi connectivity index (χ1n) is 5.07. The number of unbranched alkanes of at least 4 members (excludes halogenated alkanes) is 1. The summed E-state index contributed by atoms with van der Waals surface area (Å²) in [4.78, 5) is 13.5. The quantitative estimate of drug-likeness (QED) is 0.642. The predicted octanol–water partition coefficient (Wildman–Crippen LogP) is 1.84. The average Bonchev–Trinajstić information content (AvgIpc) is 2.26. The van der Waals surface area contributed by atoms with Gasteiger partial charge >= 0.3 is 0 Å². The van der Waals surface area contributed by atoms with Gasteiger partial charge in [0, 0.05) is 6.42 Å². The summed E-state index contributed by atoms with van der Waals surface area (Å²) < 4.78 is 0. The van der Waals surface area contributed by atoms with E-state index >= 15 is 0 Å². The second kappa shape index (κ2) is 5.31. The van der Waals surface area contributed by atoms with Crippen molar-refractivity contribution in [3.8, 4) is 0 Å². The van der Waals surface area contributed by atoms with Crippen LogP contribution in [-0.4, -0.2) is 30.3 Å². The summed E-state index contributed by atoms with van der Waals surface area (Å²) in [7, 11) is 0. The molecule has 1 aliphatic heterocycles. The molecule has 0 atom stereocenters. The molecule has 1 heterocycles. The van der Waals surface area contributed by atoms with Crippen molar-refractivity contribution >= 4 is 5.78 Å². The number of hydrogen-bond donors (Lipinski definition) is 0. The van der Waals surface area contributed by atoms with Crippen molar-refractivity contribution < 1.29 is 4.79 Å². The first kappa shape index (κ1) is 9.72. The number of hydrogen-bond acceptors (Lipinski definition) is 2. The second-order valence-electron chi connectivity index (χ2n) is 3.63. The van der Waals surface area contributed by atoms with Gasteiger partial charge in [0.25, 0.3) is 0 Å². The summed E-state index contributed by atoms with van der Waals surface area (Å²) in [5, 5.41) is 0. The highest BCUT2D eigenvalue weighted by atomic mass is 16.1. The number of carbonyl (C=O) groups is 1. The van der Waals surface area contributed by atoms with Crippen LogP contribution in [0.2, 0.25) is 0 Å². The van der Waals surface area contributed by atoms with Gasteiger partial charge in [0.1, 0.15) is 5.78 Å². The first-order chi connectivity index (χ1) is 5.83. The third-order valence-corrected chi connectivity index (χ3v) is 2.41. The molecule has 1 saturated heterocycles. The van der Waals surface area contributed by atoms with Crippen LogP contribution < -0.4 is 0 Å². The van der Waals surface area contributed by atoms with E-state index in [0.717, 1.165) is 25.9 Å². The van der Waals surface area contributed by atoms with Gasteiger partial charge in [-0.2, -0.15) is 0 Å². The van der Waals surface area contributed by atoms with E-state index in [1.165, 1.54) is 19.3 Å². The van der Waals surface area contributed by atoms with E-state index in [4.69, 9.17) is 0 Å². The minimum atomic E-state index is 0.434. The lowest BCUT2D eigenvalue weighted by atomic mass is 10.2. The molecule has 2 heteroatoms. The zero-order valence-electron chi connectivity index (χ0n) is 8.01. The molecular weight excluding hydrogens is 150 g/mol. The first-order valence-corrected chi connectivity index (χ1v) is 5.07. The number of Topliss-reactive ketones (excluding diaryl/α,β-unsaturated/α-hetero) is 1. The fraction of sp³-hybridized carbons (Fsp3) is 0.900. The average molecular weight is 169 g/mol. The van der Waals surface area contributed by atoms with E-state index in [-0.39, 0.29) is 0 Å². The summed E-state index contributed by atoms with van der Waals surface area (Å²) in [5.41, 5.74) is 0. The summed E-state index contributed by atoms with van der Waals surface area (Å²) >= 11 is 0. The second-order valence-corrected chi connectivity index (χ2v) is 3.63. The van der Waals surface area contributed by atoms with Gasteiger partial charge in [-0.3, -0.25) is 9.69 Å². The summed E-state index contributed by atoms with van der Waals surface area (Å²) in [6.07, 6.45) is 5.57. The van der Waals surface area contributed by atoms with Crippen molar-refractivity contribution in [2.75, 3.05) is 19.6 Å². The van der Waals surface area contributed by atoms with Crippen LogP contribution >= 0.6 is 0 Å². The van der Waals surface area contributed by atoms with Crippen molar-refractivity contribution in [1.29, 1.82) is 0 Å². The van der Waals surface area contributed by atoms with Gasteiger partial charge in [-0.25, -0.2) is 0 Å². The minimum Gasteiger partial charge on any atom is -0.298 e. The number of ketones is 1. The maximum absolute atomic E-state index is 11.2. The molecule has 0 spiro atoms. The van der Waals surface area contributed by atoms with Crippen LogP contribution in [0.25, 0.3) is 0 Å². The van der Waals surface area contributed by atoms with Gasteiger partial charge in [0.15, 0.2) is 0 Å². The molecule has 0 radical (unpaired) electrons. The molecule has 2 nitrogen and oxygen atoms in total. The van der Waals surface area contributed by atoms with Gasteiger partial charge in [0.2, 0.25) is 0 Å². The molecule has 0 aliphatic carbocycles. The zero-order chi connectivity index (χ0) is 8.81. The lowest BCUT2D eigenvalue weighted by Gasteiger charge is -2.17. The van der Waals surface area contributed by atoms with E-state index in [0.29, 0.717) is 12.3 Å². The molecule has 0 aromatic rings. The Labute approximate surface area is 74.9 Å². The predicted molar refractivity (Wildman–Crippen MR) is 50.2 cm³/mol. The maximum Gasteiger partial charge on any atom is 0.146 e. The third kappa shape index (κ3) is 3.35. The molecule has 0 aromatic carbocycles. The van der Waals surface area contributed by atoms with Gasteiger partial charge in [0.05, 0.1) is 6.54 Å². The standard InChI is InChI=1S/C10H19NO/c1-2-3-7-11-8-5-4-6-10(12)9-11/h2-9H2,1H3. The fourth-order valence-corrected chi connectivity index (χ4v) is 1.64. The molecule has 0 bridgehead atoms. The Bertz CT molecular complexity index is 145. The fourth-order valence-electron chi connectivity index (χ4n) is 1.64. The van der Waals surface area contributed by atoms with Crippen molar-refractivity contribution in [2.45, 2.75) is 39.0 Å². The van der Waals surface area contributed by atoms with E-state index in [1.807, 2.05) is 0 Å². The van der Waals surface area contributed by atoms with E-state index < -0.39 is 0 Å². The van der Waals surface area contributed by atoms with Crippen molar-refractivity contribution in [3.63, 3.8) is 0 Å². The van der Waals surface area contributed by atoms with Gasteiger partial charge in [-0.15, -0.1) is 0 Å². The van der Waals surface area contributed by atoms with Crippen LogP contribution in [0.5, 0.6) is 0 Å². The third-order valence-electron chi connectivity index (χ3n) is 2.41. The molecule has 0 saturated carbocycles. The highest BCUT2D eigenvalue weighted by Crippen LogP contribution is 2.07. The van der Waals surface area contributed by atoms with Crippen molar-refractivity contribution in [3.05, 3.63) is 0 Å². The van der Waals surface area contributed by atoms with Gasteiger partial charge < -0.3 is 0 Å². The maximum atomic E-state index is 11.2. The Morgan fingerprint density at radius 3 is 3.00 bits per heavy atom. The lowest BCUT2D eigenvalue weighted by molar-refractivity contribution is -0.119. The van der Waals surface area contributed by atoms with Gasteiger partial charge in [-0.05, 0) is 32.4 Å². The number of rotatable bonds is 3. The number of nitrogens with zero attached hydrogens (tertiary/aromatic N) is 1. The Morgan fingerprint density at radius 1 is 1.42 bits per heavy atom. The number of carbonyl (C=O) groups excluding carboxylic acids is 1. The Hall–Kier alpha value is -0.370. The molecule has 1 rings (SSSR count). The lowest BCUT2D eigenvalue weighted by Crippen LogP contribution is -2.29. The molecule has 70 valence electrons. The molecule has 0 N–H and O–H groups in total. The molecule has 12 heavy (non-hydrogen) atoms. The summed E-state index contributed by atoms with van der Waals surface area (Å²) in [6.45, 7) is 5.15. The smallest absolute Gasteiger partial charge is 0.146 e. The summed E-state index contributed by atoms with van der Waals surface area (Å²) in [5.74, 6) is 0.434. The molecule has 0 amide bonds. The molecule has 0 unspecified atom stereocenters. The molecule has 0 aromatic heterocycles. The van der Waals surface area contributed by atoms with E-state index in [1.54, 1.807) is 0 Å². The molecule has 1 aliphatic rings. The van der Waals surface area contributed by atoms with Crippen LogP contribution in [0, 0.1) is 0 Å². The van der Waals surface area contributed by atoms with Gasteiger partial charge in [-0.1, -0.05) is 13.3 Å². The van der Waals surface area contributed by atoms with Crippen LogP contribution in [0.4, 0.5) is 0 Å². The minimum absolute atomic E-state index is 0.434. The normalized spacial score (nSPS) is 20.9. The topological polar surface area (TPSA) is 20.3 Å². The van der Waals surface area contributed by atoms with E-state index in [2.05, 4.69) is 11.8 Å². The Balaban J connectivity index is 2.26. The highest BCUT2D eigenvalue weighted by molar-refractivity contribution is 5.80. The van der Waals surface area contributed by atoms with Crippen LogP contribution in [-0.2, 0) is 4.79 Å². The SMILES string of the molecule is CCCCN1CCCCC(=O)C1. The van der Waals surface area contributed by atoms with Crippen molar-refractivity contribution in [1.82, 2.24) is 4.90 Å².